The van der Waals surface area contributed by atoms with Crippen molar-refractivity contribution in [3.63, 3.8) is 0 Å². The minimum absolute atomic E-state index is 0.0862. The van der Waals surface area contributed by atoms with Crippen molar-refractivity contribution in [3.05, 3.63) is 0 Å². The molecule has 0 radical (unpaired) electrons. The van der Waals surface area contributed by atoms with Crippen molar-refractivity contribution in [1.82, 2.24) is 4.90 Å². The zero-order valence-electron chi connectivity index (χ0n) is 8.27. The summed E-state index contributed by atoms with van der Waals surface area (Å²) in [6, 6.07) is 0.0259. The van der Waals surface area contributed by atoms with Gasteiger partial charge in [0, 0.05) is 6.04 Å². The number of nitrogens with zero attached hydrogens (tertiary/aromatic N) is 1. The number of aliphatic hydroxyl groups excluding tert-OH is 1. The Morgan fingerprint density at radius 2 is 1.92 bits per heavy atom. The van der Waals surface area contributed by atoms with Crippen molar-refractivity contribution < 1.29 is 13.5 Å². The highest BCUT2D eigenvalue weighted by Crippen LogP contribution is 2.18. The molecule has 78 valence electrons. The van der Waals surface area contributed by atoms with Gasteiger partial charge in [0.15, 0.2) is 9.84 Å². The Morgan fingerprint density at radius 1 is 1.38 bits per heavy atom. The van der Waals surface area contributed by atoms with E-state index in [0.717, 1.165) is 0 Å². The number of aliphatic hydroxyl groups is 1. The summed E-state index contributed by atoms with van der Waals surface area (Å²) in [7, 11) is -1.17. The predicted octanol–water partition coefficient (Wildman–Crippen LogP) is -0.515. The molecule has 4 nitrogen and oxygen atoms in total. The van der Waals surface area contributed by atoms with E-state index in [0.29, 0.717) is 0 Å². The molecule has 0 saturated carbocycles. The maximum atomic E-state index is 11.2. The fourth-order valence-electron chi connectivity index (χ4n) is 1.58. The fourth-order valence-corrected chi connectivity index (χ4v) is 3.44. The molecule has 13 heavy (non-hydrogen) atoms. The number of rotatable bonds is 2. The molecule has 5 heteroatoms. The highest BCUT2D eigenvalue weighted by atomic mass is 32.2. The maximum absolute atomic E-state index is 11.2. The molecule has 0 bridgehead atoms. The Balaban J connectivity index is 2.73. The first-order valence-corrected chi connectivity index (χ1v) is 6.26. The molecule has 1 fully saturated rings. The lowest BCUT2D eigenvalue weighted by molar-refractivity contribution is 0.0824. The lowest BCUT2D eigenvalue weighted by atomic mass is 10.1. The van der Waals surface area contributed by atoms with Crippen LogP contribution >= 0.6 is 0 Å². The number of hydrogen-bond acceptors (Lipinski definition) is 4. The molecule has 0 aromatic heterocycles. The first kappa shape index (κ1) is 10.9. The van der Waals surface area contributed by atoms with E-state index in [-0.39, 0.29) is 23.6 Å². The average Bonchev–Trinajstić information content (AvgIpc) is 2.22. The lowest BCUT2D eigenvalue weighted by Gasteiger charge is -2.29. The van der Waals surface area contributed by atoms with Gasteiger partial charge in [0.1, 0.15) is 0 Å². The van der Waals surface area contributed by atoms with Crippen LogP contribution in [0.4, 0.5) is 0 Å². The summed E-state index contributed by atoms with van der Waals surface area (Å²) in [6.07, 6.45) is -0.725. The van der Waals surface area contributed by atoms with Gasteiger partial charge in [-0.15, -0.1) is 0 Å². The molecule has 1 aliphatic heterocycles. The standard InChI is InChI=1S/C8H17NO3S/c1-6(2)9(3)7-4-13(11,12)5-8(7)10/h6-8,10H,4-5H2,1-3H3. The number of sulfone groups is 1. The highest BCUT2D eigenvalue weighted by Gasteiger charge is 2.39. The Bertz CT molecular complexity index is 273. The van der Waals surface area contributed by atoms with E-state index in [2.05, 4.69) is 0 Å². The Hall–Kier alpha value is -0.130. The van der Waals surface area contributed by atoms with Crippen LogP contribution < -0.4 is 0 Å². The monoisotopic (exact) mass is 207 g/mol. The van der Waals surface area contributed by atoms with Crippen molar-refractivity contribution in [3.8, 4) is 0 Å². The first-order valence-electron chi connectivity index (χ1n) is 4.44. The molecule has 1 N–H and O–H groups in total. The van der Waals surface area contributed by atoms with Crippen LogP contribution in [0.2, 0.25) is 0 Å². The molecule has 1 saturated heterocycles. The second kappa shape index (κ2) is 3.55. The van der Waals surface area contributed by atoms with Gasteiger partial charge in [0.05, 0.1) is 23.7 Å². The van der Waals surface area contributed by atoms with Crippen LogP contribution in [0.15, 0.2) is 0 Å². The molecule has 0 aromatic carbocycles. The van der Waals surface area contributed by atoms with Crippen molar-refractivity contribution >= 4 is 9.84 Å². The highest BCUT2D eigenvalue weighted by molar-refractivity contribution is 7.91. The Labute approximate surface area is 79.5 Å². The summed E-state index contributed by atoms with van der Waals surface area (Å²) in [5.41, 5.74) is 0. The summed E-state index contributed by atoms with van der Waals surface area (Å²) in [4.78, 5) is 1.91. The van der Waals surface area contributed by atoms with Crippen LogP contribution in [0.3, 0.4) is 0 Å². The largest absolute Gasteiger partial charge is 0.390 e. The molecular formula is C8H17NO3S. The van der Waals surface area contributed by atoms with Crippen molar-refractivity contribution in [1.29, 1.82) is 0 Å². The second-order valence-corrected chi connectivity index (χ2v) is 6.12. The van der Waals surface area contributed by atoms with Crippen LogP contribution in [0, 0.1) is 0 Å². The van der Waals surface area contributed by atoms with Crippen LogP contribution in [-0.4, -0.2) is 55.2 Å². The SMILES string of the molecule is CC(C)N(C)C1CS(=O)(=O)CC1O. The molecule has 1 heterocycles. The van der Waals surface area contributed by atoms with Gasteiger partial charge in [0.2, 0.25) is 0 Å². The van der Waals surface area contributed by atoms with Crippen molar-refractivity contribution in [2.75, 3.05) is 18.6 Å². The average molecular weight is 207 g/mol. The third kappa shape index (κ3) is 2.42. The Morgan fingerprint density at radius 3 is 2.23 bits per heavy atom. The van der Waals surface area contributed by atoms with E-state index < -0.39 is 15.9 Å². The van der Waals surface area contributed by atoms with Gasteiger partial charge < -0.3 is 5.11 Å². The van der Waals surface area contributed by atoms with Gasteiger partial charge in [-0.3, -0.25) is 4.90 Å². The minimum atomic E-state index is -3.01. The molecule has 1 aliphatic rings. The summed E-state index contributed by atoms with van der Waals surface area (Å²) in [5, 5.41) is 9.52. The lowest BCUT2D eigenvalue weighted by Crippen LogP contribution is -2.44. The van der Waals surface area contributed by atoms with Crippen LogP contribution in [0.5, 0.6) is 0 Å². The summed E-state index contributed by atoms with van der Waals surface area (Å²) < 4.78 is 22.4. The van der Waals surface area contributed by atoms with Gasteiger partial charge in [-0.25, -0.2) is 8.42 Å². The summed E-state index contributed by atoms with van der Waals surface area (Å²) >= 11 is 0. The van der Waals surface area contributed by atoms with Crippen molar-refractivity contribution in [2.45, 2.75) is 32.0 Å². The summed E-state index contributed by atoms with van der Waals surface area (Å²) in [5.74, 6) is -0.00241. The predicted molar refractivity (Wildman–Crippen MR) is 51.3 cm³/mol. The molecular weight excluding hydrogens is 190 g/mol. The molecule has 1 rings (SSSR count). The van der Waals surface area contributed by atoms with Crippen LogP contribution in [0.1, 0.15) is 13.8 Å². The van der Waals surface area contributed by atoms with E-state index >= 15 is 0 Å². The second-order valence-electron chi connectivity index (χ2n) is 3.97. The third-order valence-electron chi connectivity index (χ3n) is 2.63. The zero-order chi connectivity index (χ0) is 10.2. The Kier molecular flexibility index (Phi) is 2.99. The van der Waals surface area contributed by atoms with E-state index in [9.17, 15) is 13.5 Å². The molecule has 0 aliphatic carbocycles. The molecule has 0 amide bonds. The number of likely N-dealkylation sites (N-methyl/N-ethyl adjacent to an activating group) is 1. The maximum Gasteiger partial charge on any atom is 0.154 e. The van der Waals surface area contributed by atoms with Gasteiger partial charge in [-0.05, 0) is 20.9 Å². The molecule has 2 atom stereocenters. The van der Waals surface area contributed by atoms with Gasteiger partial charge in [-0.1, -0.05) is 0 Å². The summed E-state index contributed by atoms with van der Waals surface area (Å²) in [6.45, 7) is 3.97. The zero-order valence-corrected chi connectivity index (χ0v) is 9.08. The molecule has 0 aromatic rings. The smallest absolute Gasteiger partial charge is 0.154 e. The van der Waals surface area contributed by atoms with Crippen LogP contribution in [0.25, 0.3) is 0 Å². The first-order chi connectivity index (χ1) is 5.83. The van der Waals surface area contributed by atoms with Crippen molar-refractivity contribution in [2.24, 2.45) is 0 Å². The number of hydrogen-bond donors (Lipinski definition) is 1. The molecule has 2 unspecified atom stereocenters. The topological polar surface area (TPSA) is 57.6 Å². The van der Waals surface area contributed by atoms with E-state index in [1.54, 1.807) is 0 Å². The van der Waals surface area contributed by atoms with E-state index in [1.807, 2.05) is 25.8 Å². The van der Waals surface area contributed by atoms with Gasteiger partial charge >= 0.3 is 0 Å². The third-order valence-corrected chi connectivity index (χ3v) is 4.33. The molecule has 0 spiro atoms. The van der Waals surface area contributed by atoms with E-state index in [1.165, 1.54) is 0 Å². The quantitative estimate of drug-likeness (QED) is 0.662. The van der Waals surface area contributed by atoms with Gasteiger partial charge in [-0.2, -0.15) is 0 Å². The van der Waals surface area contributed by atoms with Crippen LogP contribution in [-0.2, 0) is 9.84 Å². The fraction of sp³-hybridized carbons (Fsp3) is 1.00. The normalized spacial score (nSPS) is 33.1. The van der Waals surface area contributed by atoms with Gasteiger partial charge in [0.25, 0.3) is 0 Å². The van der Waals surface area contributed by atoms with E-state index in [4.69, 9.17) is 0 Å². The minimum Gasteiger partial charge on any atom is -0.390 e.